The van der Waals surface area contributed by atoms with Crippen LogP contribution in [0.15, 0.2) is 6.07 Å². The highest BCUT2D eigenvalue weighted by molar-refractivity contribution is 5.77. The van der Waals surface area contributed by atoms with Gasteiger partial charge in [-0.05, 0) is 26.3 Å². The number of aromatic nitrogens is 2. The second-order valence-corrected chi connectivity index (χ2v) is 4.39. The van der Waals surface area contributed by atoms with Crippen molar-refractivity contribution in [1.82, 2.24) is 15.1 Å². The highest BCUT2D eigenvalue weighted by atomic mass is 16.4. The zero-order valence-corrected chi connectivity index (χ0v) is 10.2. The van der Waals surface area contributed by atoms with E-state index in [-0.39, 0.29) is 0 Å². The number of nitrogens with zero attached hydrogens (tertiary/aromatic N) is 2. The van der Waals surface area contributed by atoms with E-state index in [0.717, 1.165) is 17.8 Å². The van der Waals surface area contributed by atoms with E-state index in [0.29, 0.717) is 6.54 Å². The minimum absolute atomic E-state index is 0.503. The van der Waals surface area contributed by atoms with Gasteiger partial charge in [-0.15, -0.1) is 0 Å². The molecule has 90 valence electrons. The molecule has 0 unspecified atom stereocenters. The van der Waals surface area contributed by atoms with E-state index in [4.69, 9.17) is 5.11 Å². The van der Waals surface area contributed by atoms with Crippen LogP contribution in [-0.4, -0.2) is 26.4 Å². The van der Waals surface area contributed by atoms with Crippen LogP contribution in [0.2, 0.25) is 0 Å². The van der Waals surface area contributed by atoms with Gasteiger partial charge >= 0.3 is 5.97 Å². The summed E-state index contributed by atoms with van der Waals surface area (Å²) in [4.78, 5) is 10.9. The molecule has 1 heterocycles. The highest BCUT2D eigenvalue weighted by Crippen LogP contribution is 2.07. The number of hydrogen-bond donors (Lipinski definition) is 2. The zero-order valence-electron chi connectivity index (χ0n) is 10.2. The Labute approximate surface area is 95.5 Å². The summed E-state index contributed by atoms with van der Waals surface area (Å²) in [5, 5.41) is 16.3. The molecule has 5 heteroatoms. The van der Waals surface area contributed by atoms with Crippen LogP contribution in [0.5, 0.6) is 0 Å². The maximum atomic E-state index is 10.9. The first kappa shape index (κ1) is 12.7. The SMILES string of the molecule is CCc1cc(CNC(C)(C)C(=O)O)n(C)n1. The quantitative estimate of drug-likeness (QED) is 0.782. The van der Waals surface area contributed by atoms with Crippen LogP contribution in [-0.2, 0) is 24.8 Å². The molecular formula is C11H19N3O2. The lowest BCUT2D eigenvalue weighted by atomic mass is 10.1. The van der Waals surface area contributed by atoms with Gasteiger partial charge in [0.1, 0.15) is 5.54 Å². The maximum Gasteiger partial charge on any atom is 0.323 e. The molecule has 0 radical (unpaired) electrons. The second-order valence-electron chi connectivity index (χ2n) is 4.39. The molecule has 0 saturated heterocycles. The van der Waals surface area contributed by atoms with Crippen molar-refractivity contribution in [3.63, 3.8) is 0 Å². The predicted octanol–water partition coefficient (Wildman–Crippen LogP) is 0.935. The van der Waals surface area contributed by atoms with E-state index >= 15 is 0 Å². The van der Waals surface area contributed by atoms with Gasteiger partial charge in [-0.1, -0.05) is 6.92 Å². The molecule has 1 aromatic rings. The van der Waals surface area contributed by atoms with E-state index in [1.807, 2.05) is 20.0 Å². The van der Waals surface area contributed by atoms with Gasteiger partial charge < -0.3 is 5.11 Å². The predicted molar refractivity (Wildman–Crippen MR) is 61.1 cm³/mol. The van der Waals surface area contributed by atoms with Gasteiger partial charge in [-0.3, -0.25) is 14.8 Å². The molecule has 0 spiro atoms. The van der Waals surface area contributed by atoms with Crippen molar-refractivity contribution in [3.8, 4) is 0 Å². The van der Waals surface area contributed by atoms with E-state index in [9.17, 15) is 4.79 Å². The van der Waals surface area contributed by atoms with Crippen molar-refractivity contribution in [1.29, 1.82) is 0 Å². The topological polar surface area (TPSA) is 67.2 Å². The summed E-state index contributed by atoms with van der Waals surface area (Å²) in [6.07, 6.45) is 0.885. The van der Waals surface area contributed by atoms with Crippen LogP contribution in [0, 0.1) is 0 Å². The average Bonchev–Trinajstić information content (AvgIpc) is 2.56. The first-order valence-electron chi connectivity index (χ1n) is 5.37. The summed E-state index contributed by atoms with van der Waals surface area (Å²) in [5.74, 6) is -0.856. The van der Waals surface area contributed by atoms with Crippen LogP contribution < -0.4 is 5.32 Å². The number of aliphatic carboxylic acids is 1. The third-order valence-electron chi connectivity index (χ3n) is 2.64. The molecule has 16 heavy (non-hydrogen) atoms. The molecule has 1 aromatic heterocycles. The van der Waals surface area contributed by atoms with Crippen LogP contribution >= 0.6 is 0 Å². The molecule has 0 aliphatic rings. The summed E-state index contributed by atoms with van der Waals surface area (Å²) in [5.41, 5.74) is 1.09. The minimum atomic E-state index is -0.920. The molecule has 0 fully saturated rings. The standard InChI is InChI=1S/C11H19N3O2/c1-5-8-6-9(14(4)13-8)7-12-11(2,3)10(15)16/h6,12H,5,7H2,1-4H3,(H,15,16). The van der Waals surface area contributed by atoms with E-state index in [1.54, 1.807) is 18.5 Å². The maximum absolute atomic E-state index is 10.9. The molecule has 0 aliphatic carbocycles. The van der Waals surface area contributed by atoms with Crippen molar-refractivity contribution in [2.45, 2.75) is 39.3 Å². The average molecular weight is 225 g/mol. The van der Waals surface area contributed by atoms with Crippen molar-refractivity contribution in [2.75, 3.05) is 0 Å². The number of carbonyl (C=O) groups is 1. The smallest absolute Gasteiger partial charge is 0.323 e. The van der Waals surface area contributed by atoms with Crippen molar-refractivity contribution >= 4 is 5.97 Å². The first-order valence-corrected chi connectivity index (χ1v) is 5.37. The normalized spacial score (nSPS) is 11.8. The number of aryl methyl sites for hydroxylation is 2. The number of hydrogen-bond acceptors (Lipinski definition) is 3. The molecule has 0 atom stereocenters. The molecular weight excluding hydrogens is 206 g/mol. The van der Waals surface area contributed by atoms with Crippen LogP contribution in [0.25, 0.3) is 0 Å². The molecule has 1 rings (SSSR count). The Morgan fingerprint density at radius 2 is 2.25 bits per heavy atom. The summed E-state index contributed by atoms with van der Waals surface area (Å²) in [6, 6.07) is 1.99. The fourth-order valence-electron chi connectivity index (χ4n) is 1.30. The summed E-state index contributed by atoms with van der Waals surface area (Å²) >= 11 is 0. The zero-order chi connectivity index (χ0) is 12.3. The van der Waals surface area contributed by atoms with Gasteiger partial charge in [-0.2, -0.15) is 5.10 Å². The number of nitrogens with one attached hydrogen (secondary N) is 1. The van der Waals surface area contributed by atoms with E-state index in [1.165, 1.54) is 0 Å². The lowest BCUT2D eigenvalue weighted by Crippen LogP contribution is -2.46. The number of rotatable bonds is 5. The molecule has 2 N–H and O–H groups in total. The van der Waals surface area contributed by atoms with Gasteiger partial charge in [-0.25, -0.2) is 0 Å². The van der Waals surface area contributed by atoms with Crippen LogP contribution in [0.3, 0.4) is 0 Å². The van der Waals surface area contributed by atoms with Gasteiger partial charge in [0.2, 0.25) is 0 Å². The highest BCUT2D eigenvalue weighted by Gasteiger charge is 2.26. The Balaban J connectivity index is 2.67. The summed E-state index contributed by atoms with van der Waals surface area (Å²) < 4.78 is 1.78. The van der Waals surface area contributed by atoms with Crippen LogP contribution in [0.1, 0.15) is 32.2 Å². The first-order chi connectivity index (χ1) is 7.36. The molecule has 0 aromatic carbocycles. The second kappa shape index (κ2) is 4.65. The third kappa shape index (κ3) is 2.82. The van der Waals surface area contributed by atoms with E-state index < -0.39 is 11.5 Å². The molecule has 0 bridgehead atoms. The van der Waals surface area contributed by atoms with Gasteiger partial charge in [0.15, 0.2) is 0 Å². The van der Waals surface area contributed by atoms with Crippen molar-refractivity contribution in [3.05, 3.63) is 17.5 Å². The van der Waals surface area contributed by atoms with Gasteiger partial charge in [0.05, 0.1) is 11.4 Å². The summed E-state index contributed by atoms with van der Waals surface area (Å²) in [7, 11) is 1.87. The largest absolute Gasteiger partial charge is 0.480 e. The lowest BCUT2D eigenvalue weighted by Gasteiger charge is -2.20. The van der Waals surface area contributed by atoms with Crippen molar-refractivity contribution in [2.24, 2.45) is 7.05 Å². The monoisotopic (exact) mass is 225 g/mol. The Morgan fingerprint density at radius 3 is 2.69 bits per heavy atom. The third-order valence-corrected chi connectivity index (χ3v) is 2.64. The van der Waals surface area contributed by atoms with Crippen LogP contribution in [0.4, 0.5) is 0 Å². The Morgan fingerprint density at radius 1 is 1.62 bits per heavy atom. The van der Waals surface area contributed by atoms with Gasteiger partial charge in [0.25, 0.3) is 0 Å². The molecule has 5 nitrogen and oxygen atoms in total. The van der Waals surface area contributed by atoms with Crippen molar-refractivity contribution < 1.29 is 9.90 Å². The Hall–Kier alpha value is -1.36. The fraction of sp³-hybridized carbons (Fsp3) is 0.636. The number of carboxylic acid groups (broad SMARTS) is 1. The minimum Gasteiger partial charge on any atom is -0.480 e. The van der Waals surface area contributed by atoms with E-state index in [2.05, 4.69) is 10.4 Å². The Kier molecular flexibility index (Phi) is 3.70. The number of carboxylic acids is 1. The molecule has 0 aliphatic heterocycles. The lowest BCUT2D eigenvalue weighted by molar-refractivity contribution is -0.143. The summed E-state index contributed by atoms with van der Waals surface area (Å²) in [6.45, 7) is 5.84. The Bertz CT molecular complexity index is 383. The fourth-order valence-corrected chi connectivity index (χ4v) is 1.30. The van der Waals surface area contributed by atoms with Gasteiger partial charge in [0, 0.05) is 13.6 Å². The molecule has 0 saturated carbocycles. The molecule has 0 amide bonds.